The number of nitrogens with one attached hydrogen (secondary N) is 1. The van der Waals surface area contributed by atoms with Crippen LogP contribution in [0.15, 0.2) is 53.4 Å². The largest absolute Gasteiger partial charge is 0.359 e. The lowest BCUT2D eigenvalue weighted by atomic mass is 10.2. The molecule has 3 rings (SSSR count). The van der Waals surface area contributed by atoms with Gasteiger partial charge in [-0.25, -0.2) is 4.98 Å². The number of carbonyl (C=O) groups is 2. The number of amides is 2. The van der Waals surface area contributed by atoms with Gasteiger partial charge in [-0.05, 0) is 36.8 Å². The first-order valence-corrected chi connectivity index (χ1v) is 8.84. The van der Waals surface area contributed by atoms with Gasteiger partial charge in [0.2, 0.25) is 11.8 Å². The predicted octanol–water partition coefficient (Wildman–Crippen LogP) is 2.82. The van der Waals surface area contributed by atoms with E-state index >= 15 is 0 Å². The van der Waals surface area contributed by atoms with Crippen LogP contribution in [0.2, 0.25) is 0 Å². The lowest BCUT2D eigenvalue weighted by Crippen LogP contribution is -2.27. The lowest BCUT2D eigenvalue weighted by molar-refractivity contribution is -0.132. The summed E-state index contributed by atoms with van der Waals surface area (Å²) in [5, 5.41) is 6.71. The highest BCUT2D eigenvalue weighted by atomic mass is 16.5. The van der Waals surface area contributed by atoms with Gasteiger partial charge in [0.05, 0.1) is 6.54 Å². The summed E-state index contributed by atoms with van der Waals surface area (Å²) >= 11 is 0. The summed E-state index contributed by atoms with van der Waals surface area (Å²) in [6, 6.07) is 9.07. The SMILES string of the molecule is Cc1ccnc(NC(=O)CCC(=O)N(C)Cc2cc(-c3ccncc3)no2)c1. The minimum atomic E-state index is -0.250. The normalized spacial score (nSPS) is 10.5. The summed E-state index contributed by atoms with van der Waals surface area (Å²) in [5.41, 5.74) is 2.57. The Morgan fingerprint density at radius 1 is 1.11 bits per heavy atom. The van der Waals surface area contributed by atoms with Gasteiger partial charge in [-0.15, -0.1) is 0 Å². The number of aryl methyl sites for hydroxylation is 1. The van der Waals surface area contributed by atoms with Crippen LogP contribution in [0.5, 0.6) is 0 Å². The summed E-state index contributed by atoms with van der Waals surface area (Å²) in [6.07, 6.45) is 5.16. The van der Waals surface area contributed by atoms with E-state index < -0.39 is 0 Å². The van der Waals surface area contributed by atoms with Crippen molar-refractivity contribution in [1.29, 1.82) is 0 Å². The highest BCUT2D eigenvalue weighted by Gasteiger charge is 2.15. The molecule has 0 atom stereocenters. The molecule has 0 unspecified atom stereocenters. The van der Waals surface area contributed by atoms with Gasteiger partial charge in [0, 0.05) is 50.1 Å². The van der Waals surface area contributed by atoms with Gasteiger partial charge in [-0.1, -0.05) is 5.16 Å². The molecule has 144 valence electrons. The zero-order valence-corrected chi connectivity index (χ0v) is 15.8. The van der Waals surface area contributed by atoms with E-state index in [1.54, 1.807) is 37.8 Å². The van der Waals surface area contributed by atoms with E-state index in [2.05, 4.69) is 20.4 Å². The smallest absolute Gasteiger partial charge is 0.226 e. The fraction of sp³-hybridized carbons (Fsp3) is 0.250. The Labute approximate surface area is 162 Å². The standard InChI is InChI=1S/C20H21N5O3/c1-14-5-10-22-18(11-14)23-19(26)3-4-20(27)25(2)13-16-12-17(24-28-16)15-6-8-21-9-7-15/h5-12H,3-4,13H2,1-2H3,(H,22,23,26). The van der Waals surface area contributed by atoms with Crippen LogP contribution in [0.3, 0.4) is 0 Å². The molecule has 0 spiro atoms. The minimum Gasteiger partial charge on any atom is -0.359 e. The number of anilines is 1. The Kier molecular flexibility index (Phi) is 6.11. The van der Waals surface area contributed by atoms with Crippen molar-refractivity contribution in [2.75, 3.05) is 12.4 Å². The number of hydrogen-bond acceptors (Lipinski definition) is 6. The second-order valence-electron chi connectivity index (χ2n) is 6.43. The monoisotopic (exact) mass is 379 g/mol. The van der Waals surface area contributed by atoms with Crippen LogP contribution in [0, 0.1) is 6.92 Å². The molecule has 0 aliphatic carbocycles. The summed E-state index contributed by atoms with van der Waals surface area (Å²) in [4.78, 5) is 33.9. The van der Waals surface area contributed by atoms with Crippen molar-refractivity contribution in [3.05, 3.63) is 60.2 Å². The van der Waals surface area contributed by atoms with E-state index in [-0.39, 0.29) is 31.2 Å². The van der Waals surface area contributed by atoms with Gasteiger partial charge in [0.1, 0.15) is 11.5 Å². The Hall–Kier alpha value is -3.55. The molecule has 3 aromatic rings. The van der Waals surface area contributed by atoms with Crippen LogP contribution in [-0.2, 0) is 16.1 Å². The van der Waals surface area contributed by atoms with E-state index in [4.69, 9.17) is 4.52 Å². The van der Waals surface area contributed by atoms with Gasteiger partial charge in [0.15, 0.2) is 5.76 Å². The quantitative estimate of drug-likeness (QED) is 0.677. The van der Waals surface area contributed by atoms with Gasteiger partial charge >= 0.3 is 0 Å². The number of hydrogen-bond donors (Lipinski definition) is 1. The first-order valence-electron chi connectivity index (χ1n) is 8.84. The summed E-state index contributed by atoms with van der Waals surface area (Å²) in [7, 11) is 1.66. The molecule has 0 aromatic carbocycles. The average molecular weight is 379 g/mol. The number of nitrogens with zero attached hydrogens (tertiary/aromatic N) is 4. The number of pyridine rings is 2. The van der Waals surface area contributed by atoms with E-state index in [9.17, 15) is 9.59 Å². The molecule has 0 aliphatic rings. The Morgan fingerprint density at radius 2 is 1.89 bits per heavy atom. The topological polar surface area (TPSA) is 101 Å². The molecule has 0 bridgehead atoms. The van der Waals surface area contributed by atoms with Gasteiger partial charge < -0.3 is 14.7 Å². The van der Waals surface area contributed by atoms with E-state index in [1.165, 1.54) is 4.90 Å². The van der Waals surface area contributed by atoms with Gasteiger partial charge in [-0.3, -0.25) is 14.6 Å². The van der Waals surface area contributed by atoms with Crippen LogP contribution in [0.4, 0.5) is 5.82 Å². The first-order chi connectivity index (χ1) is 13.5. The molecule has 8 nitrogen and oxygen atoms in total. The van der Waals surface area contributed by atoms with Crippen molar-refractivity contribution in [2.45, 2.75) is 26.3 Å². The van der Waals surface area contributed by atoms with Crippen LogP contribution >= 0.6 is 0 Å². The third kappa shape index (κ3) is 5.23. The third-order valence-electron chi connectivity index (χ3n) is 4.10. The molecule has 3 aromatic heterocycles. The van der Waals surface area contributed by atoms with E-state index in [0.29, 0.717) is 17.3 Å². The Balaban J connectivity index is 1.48. The lowest BCUT2D eigenvalue weighted by Gasteiger charge is -2.15. The van der Waals surface area contributed by atoms with E-state index in [1.807, 2.05) is 25.1 Å². The van der Waals surface area contributed by atoms with Crippen LogP contribution in [-0.4, -0.2) is 38.9 Å². The molecule has 0 radical (unpaired) electrons. The number of carbonyl (C=O) groups excluding carboxylic acids is 2. The van der Waals surface area contributed by atoms with Crippen molar-refractivity contribution in [3.8, 4) is 11.3 Å². The highest BCUT2D eigenvalue weighted by molar-refractivity contribution is 5.92. The van der Waals surface area contributed by atoms with Gasteiger partial charge in [-0.2, -0.15) is 0 Å². The minimum absolute atomic E-state index is 0.0808. The average Bonchev–Trinajstić information content (AvgIpc) is 3.15. The zero-order valence-electron chi connectivity index (χ0n) is 15.8. The molecule has 28 heavy (non-hydrogen) atoms. The predicted molar refractivity (Wildman–Crippen MR) is 103 cm³/mol. The molecule has 0 saturated carbocycles. The molecular formula is C20H21N5O3. The summed E-state index contributed by atoms with van der Waals surface area (Å²) in [5.74, 6) is 0.640. The second-order valence-corrected chi connectivity index (χ2v) is 6.43. The Morgan fingerprint density at radius 3 is 2.64 bits per heavy atom. The number of aromatic nitrogens is 3. The molecule has 1 N–H and O–H groups in total. The van der Waals surface area contributed by atoms with Crippen LogP contribution in [0.25, 0.3) is 11.3 Å². The van der Waals surface area contributed by atoms with Crippen molar-refractivity contribution in [2.24, 2.45) is 0 Å². The van der Waals surface area contributed by atoms with E-state index in [0.717, 1.165) is 11.1 Å². The fourth-order valence-electron chi connectivity index (χ4n) is 2.59. The molecule has 0 saturated heterocycles. The third-order valence-corrected chi connectivity index (χ3v) is 4.10. The zero-order chi connectivity index (χ0) is 19.9. The molecule has 8 heteroatoms. The second kappa shape index (κ2) is 8.90. The maximum atomic E-state index is 12.3. The molecule has 0 aliphatic heterocycles. The molecular weight excluding hydrogens is 358 g/mol. The number of rotatable bonds is 7. The van der Waals surface area contributed by atoms with Gasteiger partial charge in [0.25, 0.3) is 0 Å². The Bertz CT molecular complexity index is 955. The van der Waals surface area contributed by atoms with Crippen molar-refractivity contribution >= 4 is 17.6 Å². The first kappa shape index (κ1) is 19.2. The highest BCUT2D eigenvalue weighted by Crippen LogP contribution is 2.19. The summed E-state index contributed by atoms with van der Waals surface area (Å²) in [6.45, 7) is 2.19. The summed E-state index contributed by atoms with van der Waals surface area (Å²) < 4.78 is 5.30. The van der Waals surface area contributed by atoms with Crippen molar-refractivity contribution < 1.29 is 14.1 Å². The maximum Gasteiger partial charge on any atom is 0.226 e. The molecule has 3 heterocycles. The van der Waals surface area contributed by atoms with Crippen molar-refractivity contribution in [1.82, 2.24) is 20.0 Å². The van der Waals surface area contributed by atoms with Crippen LogP contribution < -0.4 is 5.32 Å². The molecule has 2 amide bonds. The molecule has 0 fully saturated rings. The fourth-order valence-corrected chi connectivity index (χ4v) is 2.59. The van der Waals surface area contributed by atoms with Crippen molar-refractivity contribution in [3.63, 3.8) is 0 Å². The van der Waals surface area contributed by atoms with Crippen LogP contribution in [0.1, 0.15) is 24.2 Å². The maximum absolute atomic E-state index is 12.3.